The van der Waals surface area contributed by atoms with Gasteiger partial charge in [-0.25, -0.2) is 4.98 Å². The fraction of sp³-hybridized carbons (Fsp3) is 0.250. The number of para-hydroxylation sites is 1. The molecule has 1 fully saturated rings. The normalized spacial score (nSPS) is 17.1. The molecule has 2 heterocycles. The molecule has 2 aromatic rings. The predicted octanol–water partition coefficient (Wildman–Crippen LogP) is 3.04. The van der Waals surface area contributed by atoms with Gasteiger partial charge in [0.1, 0.15) is 11.6 Å². The summed E-state index contributed by atoms with van der Waals surface area (Å²) in [6.45, 7) is 0.690. The summed E-state index contributed by atoms with van der Waals surface area (Å²) >= 11 is 0. The predicted molar refractivity (Wildman–Crippen MR) is 80.0 cm³/mol. The van der Waals surface area contributed by atoms with E-state index in [0.29, 0.717) is 6.54 Å². The van der Waals surface area contributed by atoms with Crippen LogP contribution in [0.25, 0.3) is 0 Å². The van der Waals surface area contributed by atoms with Crippen molar-refractivity contribution in [3.8, 4) is 6.07 Å². The Hall–Kier alpha value is -2.94. The second-order valence-electron chi connectivity index (χ2n) is 5.78. The Bertz CT molecular complexity index is 836. The van der Waals surface area contributed by atoms with E-state index in [4.69, 9.17) is 5.26 Å². The maximum atomic E-state index is 11.4. The smallest absolute Gasteiger partial charge is 0.319 e. The van der Waals surface area contributed by atoms with Crippen molar-refractivity contribution in [3.63, 3.8) is 0 Å². The minimum absolute atomic E-state index is 0.0456. The van der Waals surface area contributed by atoms with Crippen LogP contribution in [0, 0.1) is 21.4 Å². The standard InChI is InChI=1S/C16H12N4O2/c17-9-11-5-8-18-15(14(11)20(21)22)19-10-16(6-7-16)12-3-1-2-4-13(12)19/h1-5,8H,6-7,10H2. The van der Waals surface area contributed by atoms with Crippen LogP contribution in [0.1, 0.15) is 24.0 Å². The first kappa shape index (κ1) is 12.8. The summed E-state index contributed by atoms with van der Waals surface area (Å²) < 4.78 is 0. The third-order valence-corrected chi connectivity index (χ3v) is 4.54. The second-order valence-corrected chi connectivity index (χ2v) is 5.78. The molecule has 0 bridgehead atoms. The fourth-order valence-electron chi connectivity index (χ4n) is 3.31. The first-order valence-electron chi connectivity index (χ1n) is 7.07. The highest BCUT2D eigenvalue weighted by atomic mass is 16.6. The van der Waals surface area contributed by atoms with Crippen molar-refractivity contribution in [2.45, 2.75) is 18.3 Å². The van der Waals surface area contributed by atoms with E-state index in [-0.39, 0.29) is 22.5 Å². The molecular formula is C16H12N4O2. The molecule has 22 heavy (non-hydrogen) atoms. The van der Waals surface area contributed by atoms with Crippen LogP contribution in [0.4, 0.5) is 17.2 Å². The third-order valence-electron chi connectivity index (χ3n) is 4.54. The van der Waals surface area contributed by atoms with E-state index in [1.165, 1.54) is 17.8 Å². The van der Waals surface area contributed by atoms with Crippen LogP contribution in [-0.4, -0.2) is 16.5 Å². The first-order chi connectivity index (χ1) is 10.7. The minimum atomic E-state index is -0.513. The molecule has 0 radical (unpaired) electrons. The summed E-state index contributed by atoms with van der Waals surface area (Å²) in [7, 11) is 0. The van der Waals surface area contributed by atoms with E-state index in [1.807, 2.05) is 29.2 Å². The lowest BCUT2D eigenvalue weighted by atomic mass is 9.99. The molecule has 6 nitrogen and oxygen atoms in total. The molecule has 1 aromatic carbocycles. The molecule has 1 aliphatic carbocycles. The lowest BCUT2D eigenvalue weighted by molar-refractivity contribution is -0.384. The van der Waals surface area contributed by atoms with Crippen molar-refractivity contribution in [2.24, 2.45) is 0 Å². The molecule has 1 saturated carbocycles. The van der Waals surface area contributed by atoms with E-state index in [0.717, 1.165) is 18.5 Å². The molecule has 1 aromatic heterocycles. The molecule has 6 heteroatoms. The molecule has 0 atom stereocenters. The van der Waals surface area contributed by atoms with Gasteiger partial charge >= 0.3 is 5.69 Å². The summed E-state index contributed by atoms with van der Waals surface area (Å²) in [5.74, 6) is 0.264. The number of hydrogen-bond donors (Lipinski definition) is 0. The highest BCUT2D eigenvalue weighted by molar-refractivity contribution is 5.78. The molecule has 1 aliphatic heterocycles. The van der Waals surface area contributed by atoms with Gasteiger partial charge in [0.05, 0.1) is 4.92 Å². The van der Waals surface area contributed by atoms with Gasteiger partial charge in [0.2, 0.25) is 5.82 Å². The van der Waals surface area contributed by atoms with E-state index in [2.05, 4.69) is 11.1 Å². The quantitative estimate of drug-likeness (QED) is 0.627. The van der Waals surface area contributed by atoms with Gasteiger partial charge in [-0.15, -0.1) is 0 Å². The van der Waals surface area contributed by atoms with Crippen molar-refractivity contribution in [1.29, 1.82) is 5.26 Å². The Balaban J connectivity index is 1.92. The van der Waals surface area contributed by atoms with Gasteiger partial charge in [-0.2, -0.15) is 5.26 Å². The third kappa shape index (κ3) is 1.62. The van der Waals surface area contributed by atoms with Crippen molar-refractivity contribution >= 4 is 17.2 Å². The van der Waals surface area contributed by atoms with E-state index < -0.39 is 4.92 Å². The second kappa shape index (κ2) is 4.28. The molecule has 1 spiro atoms. The number of benzene rings is 1. The Labute approximate surface area is 126 Å². The zero-order valence-corrected chi connectivity index (χ0v) is 11.7. The molecule has 0 N–H and O–H groups in total. The average Bonchev–Trinajstić information content (AvgIpc) is 3.24. The molecule has 0 unspecified atom stereocenters. The number of fused-ring (bicyclic) bond motifs is 2. The summed E-state index contributed by atoms with van der Waals surface area (Å²) in [5, 5.41) is 20.6. The van der Waals surface area contributed by atoms with Crippen LogP contribution >= 0.6 is 0 Å². The molecule has 4 rings (SSSR count). The van der Waals surface area contributed by atoms with Crippen LogP contribution in [0.5, 0.6) is 0 Å². The van der Waals surface area contributed by atoms with Gasteiger partial charge < -0.3 is 4.90 Å². The molecule has 0 saturated heterocycles. The summed E-state index contributed by atoms with van der Waals surface area (Å²) in [6.07, 6.45) is 3.64. The maximum absolute atomic E-state index is 11.4. The topological polar surface area (TPSA) is 83.1 Å². The average molecular weight is 292 g/mol. The van der Waals surface area contributed by atoms with Crippen LogP contribution in [0.15, 0.2) is 36.5 Å². The number of nitrogens with zero attached hydrogens (tertiary/aromatic N) is 4. The van der Waals surface area contributed by atoms with Crippen LogP contribution < -0.4 is 4.90 Å². The number of pyridine rings is 1. The molecule has 108 valence electrons. The summed E-state index contributed by atoms with van der Waals surface area (Å²) in [4.78, 5) is 17.0. The SMILES string of the molecule is N#Cc1ccnc(N2CC3(CC3)c3ccccc32)c1[N+](=O)[O-]. The lowest BCUT2D eigenvalue weighted by Crippen LogP contribution is -2.21. The number of aromatic nitrogens is 1. The van der Waals surface area contributed by atoms with Gasteiger partial charge in [0.15, 0.2) is 0 Å². The van der Waals surface area contributed by atoms with Gasteiger partial charge in [0, 0.05) is 23.8 Å². The fourth-order valence-corrected chi connectivity index (χ4v) is 3.31. The van der Waals surface area contributed by atoms with Gasteiger partial charge in [0.25, 0.3) is 0 Å². The maximum Gasteiger partial charge on any atom is 0.329 e. The summed E-state index contributed by atoms with van der Waals surface area (Å²) in [6, 6.07) is 11.2. The van der Waals surface area contributed by atoms with Gasteiger partial charge in [-0.05, 0) is 30.5 Å². The highest BCUT2D eigenvalue weighted by Crippen LogP contribution is 2.58. The minimum Gasteiger partial charge on any atom is -0.319 e. The van der Waals surface area contributed by atoms with Crippen LogP contribution in [0.2, 0.25) is 0 Å². The lowest BCUT2D eigenvalue weighted by Gasteiger charge is -2.18. The largest absolute Gasteiger partial charge is 0.329 e. The number of nitriles is 1. The Morgan fingerprint density at radius 1 is 1.32 bits per heavy atom. The zero-order chi connectivity index (χ0) is 15.3. The molecule has 0 amide bonds. The Kier molecular flexibility index (Phi) is 2.48. The van der Waals surface area contributed by atoms with Gasteiger partial charge in [-0.3, -0.25) is 10.1 Å². The molecule has 2 aliphatic rings. The van der Waals surface area contributed by atoms with Crippen LogP contribution in [0.3, 0.4) is 0 Å². The number of nitro groups is 1. The van der Waals surface area contributed by atoms with Gasteiger partial charge in [-0.1, -0.05) is 18.2 Å². The Morgan fingerprint density at radius 3 is 2.77 bits per heavy atom. The van der Waals surface area contributed by atoms with Crippen molar-refractivity contribution in [2.75, 3.05) is 11.4 Å². The van der Waals surface area contributed by atoms with Crippen molar-refractivity contribution in [3.05, 3.63) is 57.8 Å². The Morgan fingerprint density at radius 2 is 2.09 bits per heavy atom. The highest BCUT2D eigenvalue weighted by Gasteiger charge is 2.52. The monoisotopic (exact) mass is 292 g/mol. The summed E-state index contributed by atoms with van der Waals surface area (Å²) in [5.41, 5.74) is 2.13. The molecular weight excluding hydrogens is 280 g/mol. The number of hydrogen-bond acceptors (Lipinski definition) is 5. The van der Waals surface area contributed by atoms with E-state index in [1.54, 1.807) is 0 Å². The van der Waals surface area contributed by atoms with Crippen molar-refractivity contribution < 1.29 is 4.92 Å². The van der Waals surface area contributed by atoms with E-state index in [9.17, 15) is 10.1 Å². The number of anilines is 2. The first-order valence-corrected chi connectivity index (χ1v) is 7.07. The number of rotatable bonds is 2. The zero-order valence-electron chi connectivity index (χ0n) is 11.7. The van der Waals surface area contributed by atoms with Crippen molar-refractivity contribution in [1.82, 2.24) is 4.98 Å². The van der Waals surface area contributed by atoms with E-state index >= 15 is 0 Å². The van der Waals surface area contributed by atoms with Crippen LogP contribution in [-0.2, 0) is 5.41 Å².